The van der Waals surface area contributed by atoms with Crippen LogP contribution in [0.1, 0.15) is 28.9 Å². The number of hydrogen-bond donors (Lipinski definition) is 1. The Kier molecular flexibility index (Phi) is 5.74. The lowest BCUT2D eigenvalue weighted by Gasteiger charge is -2.36. The number of ether oxygens (including phenoxy) is 1. The summed E-state index contributed by atoms with van der Waals surface area (Å²) >= 11 is 3.66. The Morgan fingerprint density at radius 3 is 2.69 bits per heavy atom. The molecule has 134 valence electrons. The molecule has 1 aromatic carbocycles. The smallest absolute Gasteiger partial charge is 0.309 e. The van der Waals surface area contributed by atoms with Crippen molar-refractivity contribution in [3.05, 3.63) is 52.8 Å². The molecule has 0 saturated carbocycles. The molecule has 0 atom stereocenters. The van der Waals surface area contributed by atoms with Crippen LogP contribution in [0.5, 0.6) is 5.75 Å². The molecular weight excluding hydrogens is 368 g/mol. The number of aliphatic carboxylic acids is 1. The second-order valence-corrected chi connectivity index (χ2v) is 8.17. The Morgan fingerprint density at radius 2 is 2.04 bits per heavy atom. The highest BCUT2D eigenvalue weighted by atomic mass is 32.2. The van der Waals surface area contributed by atoms with Gasteiger partial charge in [0.1, 0.15) is 11.4 Å². The van der Waals surface area contributed by atoms with E-state index in [-0.39, 0.29) is 10.5 Å². The molecule has 0 amide bonds. The molecule has 7 heteroatoms. The molecule has 1 aromatic heterocycles. The molecule has 0 bridgehead atoms. The lowest BCUT2D eigenvalue weighted by Crippen LogP contribution is -2.26. The van der Waals surface area contributed by atoms with Crippen LogP contribution in [0.25, 0.3) is 0 Å². The van der Waals surface area contributed by atoms with Gasteiger partial charge in [0.05, 0.1) is 22.8 Å². The van der Waals surface area contributed by atoms with Crippen molar-refractivity contribution in [2.45, 2.75) is 16.9 Å². The average Bonchev–Trinajstić information content (AvgIpc) is 2.66. The number of aromatic nitrogens is 2. The van der Waals surface area contributed by atoms with Crippen LogP contribution in [0.3, 0.4) is 0 Å². The summed E-state index contributed by atoms with van der Waals surface area (Å²) in [4.78, 5) is 10.7. The molecule has 26 heavy (non-hydrogen) atoms. The Balaban J connectivity index is 1.86. The first-order valence-electron chi connectivity index (χ1n) is 8.00. The third-order valence-corrected chi connectivity index (χ3v) is 7.29. The van der Waals surface area contributed by atoms with Crippen LogP contribution in [0.2, 0.25) is 0 Å². The maximum Gasteiger partial charge on any atom is 0.309 e. The van der Waals surface area contributed by atoms with Gasteiger partial charge in [-0.1, -0.05) is 5.92 Å². The Labute approximate surface area is 160 Å². The minimum atomic E-state index is -0.930. The van der Waals surface area contributed by atoms with Crippen molar-refractivity contribution in [3.63, 3.8) is 0 Å². The van der Waals surface area contributed by atoms with Crippen molar-refractivity contribution in [2.75, 3.05) is 19.1 Å². The van der Waals surface area contributed by atoms with Crippen molar-refractivity contribution in [1.29, 1.82) is 0 Å². The summed E-state index contributed by atoms with van der Waals surface area (Å²) in [6.07, 6.45) is 5.06. The first-order chi connectivity index (χ1) is 12.6. The summed E-state index contributed by atoms with van der Waals surface area (Å²) in [5, 5.41) is 16.6. The molecule has 2 aromatic rings. The highest BCUT2D eigenvalue weighted by Crippen LogP contribution is 2.52. The van der Waals surface area contributed by atoms with Crippen LogP contribution in [0, 0.1) is 11.8 Å². The standard InChI is InChI=1S/C19H18N2O3S2/c1-25-19(26-2)9-10-24-17-8-4-13(11-16(17)19)3-5-14-6-7-15(21-20-14)12-18(22)23/h4,6-8,11H,9-10,12H2,1-2H3,(H,22,23). The van der Waals surface area contributed by atoms with Gasteiger partial charge in [0.25, 0.3) is 0 Å². The van der Waals surface area contributed by atoms with Crippen LogP contribution in [0.4, 0.5) is 0 Å². The SMILES string of the molecule is CSC1(SC)CCOc2ccc(C#Cc3ccc(CC(=O)O)nn3)cc21. The topological polar surface area (TPSA) is 72.3 Å². The van der Waals surface area contributed by atoms with E-state index in [9.17, 15) is 4.79 Å². The van der Waals surface area contributed by atoms with E-state index in [4.69, 9.17) is 9.84 Å². The summed E-state index contributed by atoms with van der Waals surface area (Å²) in [6.45, 7) is 0.720. The molecule has 0 radical (unpaired) electrons. The number of hydrogen-bond acceptors (Lipinski definition) is 6. The van der Waals surface area contributed by atoms with Crippen molar-refractivity contribution in [1.82, 2.24) is 10.2 Å². The van der Waals surface area contributed by atoms with Gasteiger partial charge in [-0.2, -0.15) is 5.10 Å². The zero-order valence-electron chi connectivity index (χ0n) is 14.5. The van der Waals surface area contributed by atoms with Gasteiger partial charge in [-0.15, -0.1) is 28.6 Å². The Hall–Kier alpha value is -2.17. The molecule has 3 rings (SSSR count). The summed E-state index contributed by atoms with van der Waals surface area (Å²) in [5.74, 6) is 6.09. The normalized spacial score (nSPS) is 14.5. The minimum Gasteiger partial charge on any atom is -0.493 e. The molecule has 0 fully saturated rings. The van der Waals surface area contributed by atoms with Gasteiger partial charge >= 0.3 is 5.97 Å². The fourth-order valence-corrected chi connectivity index (χ4v) is 4.78. The van der Waals surface area contributed by atoms with Gasteiger partial charge in [0, 0.05) is 17.5 Å². The number of carbonyl (C=O) groups is 1. The van der Waals surface area contributed by atoms with Gasteiger partial charge < -0.3 is 9.84 Å². The number of carboxylic acid groups (broad SMARTS) is 1. The molecular formula is C19H18N2O3S2. The average molecular weight is 386 g/mol. The van der Waals surface area contributed by atoms with Gasteiger partial charge in [-0.05, 0) is 48.8 Å². The lowest BCUT2D eigenvalue weighted by molar-refractivity contribution is -0.136. The largest absolute Gasteiger partial charge is 0.493 e. The number of fused-ring (bicyclic) bond motifs is 1. The summed E-state index contributed by atoms with van der Waals surface area (Å²) in [6, 6.07) is 9.32. The van der Waals surface area contributed by atoms with Crippen LogP contribution in [-0.4, -0.2) is 40.4 Å². The first-order valence-corrected chi connectivity index (χ1v) is 10.5. The third-order valence-electron chi connectivity index (χ3n) is 4.13. The van der Waals surface area contributed by atoms with Gasteiger partial charge in [-0.25, -0.2) is 0 Å². The lowest BCUT2D eigenvalue weighted by atomic mass is 10.0. The van der Waals surface area contributed by atoms with Gasteiger partial charge in [0.15, 0.2) is 0 Å². The zero-order chi connectivity index (χ0) is 18.6. The van der Waals surface area contributed by atoms with Crippen molar-refractivity contribution in [3.8, 4) is 17.6 Å². The second-order valence-electron chi connectivity index (χ2n) is 5.70. The van der Waals surface area contributed by atoms with E-state index in [1.165, 1.54) is 5.56 Å². The van der Waals surface area contributed by atoms with Crippen LogP contribution in [-0.2, 0) is 15.3 Å². The molecule has 2 heterocycles. The quantitative estimate of drug-likeness (QED) is 0.639. The summed E-state index contributed by atoms with van der Waals surface area (Å²) < 4.78 is 5.79. The maximum absolute atomic E-state index is 10.7. The molecule has 0 aliphatic carbocycles. The summed E-state index contributed by atoms with van der Waals surface area (Å²) in [5.41, 5.74) is 2.98. The molecule has 1 N–H and O–H groups in total. The van der Waals surface area contributed by atoms with Gasteiger partial charge in [0.2, 0.25) is 0 Å². The van der Waals surface area contributed by atoms with Crippen LogP contribution >= 0.6 is 23.5 Å². The predicted octanol–water partition coefficient (Wildman–Crippen LogP) is 3.16. The van der Waals surface area contributed by atoms with Crippen molar-refractivity contribution in [2.24, 2.45) is 0 Å². The second kappa shape index (κ2) is 8.02. The molecule has 0 saturated heterocycles. The number of thioether (sulfide) groups is 2. The van der Waals surface area contributed by atoms with Crippen LogP contribution < -0.4 is 4.74 Å². The molecule has 5 nitrogen and oxygen atoms in total. The molecule has 0 unspecified atom stereocenters. The fourth-order valence-electron chi connectivity index (χ4n) is 2.78. The van der Waals surface area contributed by atoms with E-state index in [0.29, 0.717) is 11.4 Å². The third kappa shape index (κ3) is 3.97. The van der Waals surface area contributed by atoms with E-state index in [0.717, 1.165) is 24.3 Å². The highest BCUT2D eigenvalue weighted by molar-refractivity contribution is 8.16. The predicted molar refractivity (Wildman–Crippen MR) is 105 cm³/mol. The maximum atomic E-state index is 10.7. The van der Waals surface area contributed by atoms with Gasteiger partial charge in [-0.3, -0.25) is 4.79 Å². The van der Waals surface area contributed by atoms with Crippen molar-refractivity contribution < 1.29 is 14.6 Å². The number of nitrogens with zero attached hydrogens (tertiary/aromatic N) is 2. The number of benzene rings is 1. The van der Waals surface area contributed by atoms with E-state index in [1.807, 2.05) is 35.7 Å². The minimum absolute atomic E-state index is 0.0104. The van der Waals surface area contributed by atoms with Crippen LogP contribution in [0.15, 0.2) is 30.3 Å². The fraction of sp³-hybridized carbons (Fsp3) is 0.316. The van der Waals surface area contributed by atoms with E-state index in [2.05, 4.69) is 40.6 Å². The van der Waals surface area contributed by atoms with E-state index >= 15 is 0 Å². The molecule has 1 aliphatic rings. The number of carboxylic acids is 1. The Bertz CT molecular complexity index is 869. The van der Waals surface area contributed by atoms with Crippen molar-refractivity contribution >= 4 is 29.5 Å². The highest BCUT2D eigenvalue weighted by Gasteiger charge is 2.36. The molecule has 0 spiro atoms. The Morgan fingerprint density at radius 1 is 1.23 bits per heavy atom. The zero-order valence-corrected chi connectivity index (χ0v) is 16.1. The molecule has 1 aliphatic heterocycles. The first kappa shape index (κ1) is 18.6. The summed E-state index contributed by atoms with van der Waals surface area (Å²) in [7, 11) is 0. The number of rotatable bonds is 4. The van der Waals surface area contributed by atoms with E-state index < -0.39 is 5.97 Å². The van der Waals surface area contributed by atoms with E-state index in [1.54, 1.807) is 12.1 Å². The monoisotopic (exact) mass is 386 g/mol.